The molecule has 3 aromatic carbocycles. The summed E-state index contributed by atoms with van der Waals surface area (Å²) >= 11 is 0. The van der Waals surface area contributed by atoms with E-state index in [1.165, 1.54) is 0 Å². The van der Waals surface area contributed by atoms with Gasteiger partial charge in [-0.25, -0.2) is 9.18 Å². The molecular formula is C29H28FN3O5. The summed E-state index contributed by atoms with van der Waals surface area (Å²) in [5.74, 6) is -4.14. The van der Waals surface area contributed by atoms with Gasteiger partial charge in [0.25, 0.3) is 0 Å². The second-order valence-corrected chi connectivity index (χ2v) is 9.76. The number of hydrogen-bond donors (Lipinski definition) is 0. The Bertz CT molecular complexity index is 1410. The van der Waals surface area contributed by atoms with E-state index in [2.05, 4.69) is 10.0 Å². The van der Waals surface area contributed by atoms with Crippen molar-refractivity contribution in [2.24, 2.45) is 17.0 Å². The van der Waals surface area contributed by atoms with Crippen molar-refractivity contribution in [3.63, 3.8) is 0 Å². The molecule has 6 atom stereocenters. The first-order chi connectivity index (χ1) is 18.4. The quantitative estimate of drug-likeness (QED) is 0.150. The van der Waals surface area contributed by atoms with E-state index in [0.717, 1.165) is 16.3 Å². The monoisotopic (exact) mass is 517 g/mol. The Labute approximate surface area is 219 Å². The van der Waals surface area contributed by atoms with Gasteiger partial charge >= 0.3 is 11.9 Å². The average molecular weight is 518 g/mol. The predicted molar refractivity (Wildman–Crippen MR) is 137 cm³/mol. The van der Waals surface area contributed by atoms with Crippen LogP contribution in [-0.2, 0) is 30.4 Å². The van der Waals surface area contributed by atoms with Crippen LogP contribution in [0.1, 0.15) is 37.5 Å². The zero-order chi connectivity index (χ0) is 26.9. The molecule has 0 unspecified atom stereocenters. The van der Waals surface area contributed by atoms with Gasteiger partial charge in [-0.1, -0.05) is 71.8 Å². The summed E-state index contributed by atoms with van der Waals surface area (Å²) in [6, 6.07) is 22.7. The van der Waals surface area contributed by atoms with Gasteiger partial charge < -0.3 is 14.2 Å². The SMILES string of the molecule is CCOC(=O)[C@@]1(F)[C@@H]2C[C@@H](O[C@@H](C)c3ccc4ccccc4c3)[C@@](N=[N+]=[N-])(C(=O)OCc3ccccc3)[C@@H]21. The van der Waals surface area contributed by atoms with Gasteiger partial charge in [0, 0.05) is 16.7 Å². The maximum Gasteiger partial charge on any atom is 0.344 e. The predicted octanol–water partition coefficient (Wildman–Crippen LogP) is 6.00. The highest BCUT2D eigenvalue weighted by Crippen LogP contribution is 2.70. The molecule has 0 saturated heterocycles. The van der Waals surface area contributed by atoms with Crippen molar-refractivity contribution in [2.75, 3.05) is 6.61 Å². The number of hydrogen-bond acceptors (Lipinski definition) is 6. The van der Waals surface area contributed by atoms with Crippen LogP contribution in [0.5, 0.6) is 0 Å². The number of rotatable bonds is 9. The first kappa shape index (κ1) is 25.7. The molecule has 0 spiro atoms. The van der Waals surface area contributed by atoms with Crippen molar-refractivity contribution in [1.82, 2.24) is 0 Å². The largest absolute Gasteiger partial charge is 0.464 e. The number of halogens is 1. The molecule has 2 saturated carbocycles. The highest BCUT2D eigenvalue weighted by Gasteiger charge is 2.86. The minimum atomic E-state index is -2.46. The Morgan fingerprint density at radius 1 is 1.05 bits per heavy atom. The Morgan fingerprint density at radius 2 is 1.76 bits per heavy atom. The van der Waals surface area contributed by atoms with Crippen LogP contribution in [0.25, 0.3) is 21.2 Å². The van der Waals surface area contributed by atoms with Gasteiger partial charge in [0.1, 0.15) is 6.61 Å². The average Bonchev–Trinajstić information content (AvgIpc) is 3.39. The number of alkyl halides is 1. The number of azide groups is 1. The molecule has 0 N–H and O–H groups in total. The summed E-state index contributed by atoms with van der Waals surface area (Å²) < 4.78 is 32.9. The fourth-order valence-electron chi connectivity index (χ4n) is 5.77. The lowest BCUT2D eigenvalue weighted by Gasteiger charge is -2.35. The minimum Gasteiger partial charge on any atom is -0.464 e. The minimum absolute atomic E-state index is 0.00262. The van der Waals surface area contributed by atoms with E-state index < -0.39 is 47.2 Å². The van der Waals surface area contributed by atoms with Crippen LogP contribution >= 0.6 is 0 Å². The summed E-state index contributed by atoms with van der Waals surface area (Å²) in [6.45, 7) is 3.27. The molecule has 2 aliphatic carbocycles. The smallest absolute Gasteiger partial charge is 0.344 e. The number of fused-ring (bicyclic) bond motifs is 2. The lowest BCUT2D eigenvalue weighted by molar-refractivity contribution is -0.165. The van der Waals surface area contributed by atoms with Crippen molar-refractivity contribution in [3.8, 4) is 0 Å². The molecular weight excluding hydrogens is 489 g/mol. The first-order valence-electron chi connectivity index (χ1n) is 12.6. The van der Waals surface area contributed by atoms with Gasteiger partial charge in [-0.15, -0.1) is 0 Å². The third-order valence-electron chi connectivity index (χ3n) is 7.67. The van der Waals surface area contributed by atoms with E-state index in [9.17, 15) is 15.1 Å². The third-order valence-corrected chi connectivity index (χ3v) is 7.67. The summed E-state index contributed by atoms with van der Waals surface area (Å²) in [5.41, 5.74) is 6.54. The van der Waals surface area contributed by atoms with Gasteiger partial charge in [-0.3, -0.25) is 4.79 Å². The molecule has 9 heteroatoms. The number of nitrogens with zero attached hydrogens (tertiary/aromatic N) is 3. The summed E-state index contributed by atoms with van der Waals surface area (Å²) in [7, 11) is 0. The van der Waals surface area contributed by atoms with E-state index in [0.29, 0.717) is 5.56 Å². The van der Waals surface area contributed by atoms with Crippen molar-refractivity contribution in [2.45, 2.75) is 50.3 Å². The van der Waals surface area contributed by atoms with E-state index in [1.54, 1.807) is 31.2 Å². The molecule has 5 rings (SSSR count). The molecule has 3 aromatic rings. The van der Waals surface area contributed by atoms with E-state index >= 15 is 4.39 Å². The van der Waals surface area contributed by atoms with Crippen LogP contribution in [0.4, 0.5) is 4.39 Å². The Kier molecular flexibility index (Phi) is 6.82. The number of benzene rings is 3. The molecule has 0 amide bonds. The standard InChI is InChI=1S/C29H28FN3O5/c1-3-36-26(34)28(30)23-16-24(38-18(2)21-14-13-20-11-7-8-12-22(20)15-21)29(25(23)28,32-33-31)27(35)37-17-19-9-5-4-6-10-19/h4-15,18,23-25H,3,16-17H2,1-2H3/t18-,23+,24+,25-,28+,29-/m0/s1. The second kappa shape index (κ2) is 10.1. The first-order valence-corrected chi connectivity index (χ1v) is 12.6. The number of carbonyl (C=O) groups is 2. The summed E-state index contributed by atoms with van der Waals surface area (Å²) in [6.07, 6.45) is -1.53. The molecule has 0 radical (unpaired) electrons. The summed E-state index contributed by atoms with van der Waals surface area (Å²) in [4.78, 5) is 29.1. The molecule has 0 heterocycles. The van der Waals surface area contributed by atoms with Crippen LogP contribution < -0.4 is 0 Å². The highest BCUT2D eigenvalue weighted by atomic mass is 19.1. The maximum atomic E-state index is 16.0. The van der Waals surface area contributed by atoms with Crippen molar-refractivity contribution in [3.05, 3.63) is 94.4 Å². The lowest BCUT2D eigenvalue weighted by Crippen LogP contribution is -2.53. The van der Waals surface area contributed by atoms with E-state index in [4.69, 9.17) is 14.2 Å². The van der Waals surface area contributed by atoms with Gasteiger partial charge in [0.05, 0.1) is 18.8 Å². The fourth-order valence-corrected chi connectivity index (χ4v) is 5.77. The molecule has 0 bridgehead atoms. The third kappa shape index (κ3) is 4.18. The second-order valence-electron chi connectivity index (χ2n) is 9.76. The Balaban J connectivity index is 1.46. The van der Waals surface area contributed by atoms with Crippen LogP contribution in [0.2, 0.25) is 0 Å². The van der Waals surface area contributed by atoms with Gasteiger partial charge in [0.15, 0.2) is 5.54 Å². The zero-order valence-corrected chi connectivity index (χ0v) is 21.1. The van der Waals surface area contributed by atoms with Crippen molar-refractivity contribution in [1.29, 1.82) is 0 Å². The Morgan fingerprint density at radius 3 is 2.47 bits per heavy atom. The molecule has 2 aliphatic rings. The van der Waals surface area contributed by atoms with Gasteiger partial charge in [0.2, 0.25) is 5.67 Å². The van der Waals surface area contributed by atoms with Crippen LogP contribution in [-0.4, -0.2) is 35.9 Å². The lowest BCUT2D eigenvalue weighted by atomic mass is 9.87. The molecule has 196 valence electrons. The van der Waals surface area contributed by atoms with Crippen molar-refractivity contribution < 1.29 is 28.2 Å². The number of esters is 2. The van der Waals surface area contributed by atoms with Gasteiger partial charge in [-0.05, 0) is 53.8 Å². The van der Waals surface area contributed by atoms with E-state index in [-0.39, 0.29) is 19.6 Å². The molecule has 0 aromatic heterocycles. The molecule has 8 nitrogen and oxygen atoms in total. The molecule has 2 fully saturated rings. The Hall–Kier alpha value is -3.94. The normalized spacial score (nSPS) is 28.1. The fraction of sp³-hybridized carbons (Fsp3) is 0.379. The molecule has 0 aliphatic heterocycles. The topological polar surface area (TPSA) is 111 Å². The number of ether oxygens (including phenoxy) is 3. The van der Waals surface area contributed by atoms with Crippen LogP contribution in [0, 0.1) is 11.8 Å². The molecule has 38 heavy (non-hydrogen) atoms. The zero-order valence-electron chi connectivity index (χ0n) is 21.1. The van der Waals surface area contributed by atoms with Crippen LogP contribution in [0.15, 0.2) is 77.9 Å². The summed E-state index contributed by atoms with van der Waals surface area (Å²) in [5, 5.41) is 5.92. The maximum absolute atomic E-state index is 16.0. The number of carbonyl (C=O) groups excluding carboxylic acids is 2. The van der Waals surface area contributed by atoms with Crippen LogP contribution in [0.3, 0.4) is 0 Å². The van der Waals surface area contributed by atoms with E-state index in [1.807, 2.05) is 55.5 Å². The highest BCUT2D eigenvalue weighted by molar-refractivity contribution is 5.92. The van der Waals surface area contributed by atoms with Gasteiger partial charge in [-0.2, -0.15) is 0 Å². The van der Waals surface area contributed by atoms with Crippen molar-refractivity contribution >= 4 is 22.7 Å².